The van der Waals surface area contributed by atoms with Crippen LogP contribution in [0.5, 0.6) is 0 Å². The van der Waals surface area contributed by atoms with Crippen molar-refractivity contribution in [1.82, 2.24) is 4.90 Å². The van der Waals surface area contributed by atoms with E-state index in [2.05, 4.69) is 25.7 Å². The number of hydrogen-bond donors (Lipinski definition) is 0. The van der Waals surface area contributed by atoms with E-state index in [-0.39, 0.29) is 0 Å². The molecule has 0 aromatic heterocycles. The topological polar surface area (TPSA) is 3.24 Å². The molecule has 2 fully saturated rings. The second-order valence-electron chi connectivity index (χ2n) is 5.64. The van der Waals surface area contributed by atoms with E-state index < -0.39 is 0 Å². The maximum absolute atomic E-state index is 2.63. The Balaban J connectivity index is 0.000000531. The largest absolute Gasteiger partial charge is 0.301 e. The van der Waals surface area contributed by atoms with Gasteiger partial charge in [-0.15, -0.1) is 0 Å². The lowest BCUT2D eigenvalue weighted by molar-refractivity contribution is -0.0137. The van der Waals surface area contributed by atoms with Crippen LogP contribution in [-0.2, 0) is 0 Å². The van der Waals surface area contributed by atoms with Gasteiger partial charge in [0, 0.05) is 6.04 Å². The Hall–Kier alpha value is -0.0400. The van der Waals surface area contributed by atoms with E-state index in [9.17, 15) is 0 Å². The standard InChI is InChI=1S/C12H23N.C2H6/c1-10(2)13-6-4-12(5-7-13)8-11(3)9-12;1-2/h10-11H,4-9H2,1-3H3;1-2H3. The highest BCUT2D eigenvalue weighted by molar-refractivity contribution is 4.95. The minimum Gasteiger partial charge on any atom is -0.301 e. The van der Waals surface area contributed by atoms with E-state index in [1.807, 2.05) is 13.8 Å². The minimum absolute atomic E-state index is 0.759. The molecular weight excluding hydrogens is 182 g/mol. The number of likely N-dealkylation sites (tertiary alicyclic amines) is 1. The summed E-state index contributed by atoms with van der Waals surface area (Å²) < 4.78 is 0. The Labute approximate surface area is 96.2 Å². The molecule has 1 aliphatic heterocycles. The molecule has 1 saturated heterocycles. The highest BCUT2D eigenvalue weighted by Crippen LogP contribution is 2.52. The second-order valence-corrected chi connectivity index (χ2v) is 5.64. The van der Waals surface area contributed by atoms with Gasteiger partial charge in [0.05, 0.1) is 0 Å². The number of piperidine rings is 1. The van der Waals surface area contributed by atoms with Gasteiger partial charge in [-0.3, -0.25) is 0 Å². The summed E-state index contributed by atoms with van der Waals surface area (Å²) in [5.41, 5.74) is 0.796. The lowest BCUT2D eigenvalue weighted by atomic mass is 9.58. The van der Waals surface area contributed by atoms with Gasteiger partial charge in [-0.25, -0.2) is 0 Å². The molecule has 1 nitrogen and oxygen atoms in total. The molecule has 0 N–H and O–H groups in total. The van der Waals surface area contributed by atoms with Crippen LogP contribution in [0.4, 0.5) is 0 Å². The van der Waals surface area contributed by atoms with Crippen molar-refractivity contribution in [2.24, 2.45) is 11.3 Å². The molecule has 0 radical (unpaired) electrons. The summed E-state index contributed by atoms with van der Waals surface area (Å²) in [7, 11) is 0. The van der Waals surface area contributed by atoms with Crippen molar-refractivity contribution in [3.05, 3.63) is 0 Å². The first-order valence-corrected chi connectivity index (χ1v) is 6.85. The van der Waals surface area contributed by atoms with Crippen molar-refractivity contribution in [2.75, 3.05) is 13.1 Å². The molecular formula is C14H29N. The van der Waals surface area contributed by atoms with Crippen LogP contribution in [0, 0.1) is 11.3 Å². The monoisotopic (exact) mass is 211 g/mol. The third kappa shape index (κ3) is 2.96. The fourth-order valence-corrected chi connectivity index (χ4v) is 3.34. The van der Waals surface area contributed by atoms with Crippen molar-refractivity contribution in [2.45, 2.75) is 66.3 Å². The molecule has 0 aromatic rings. The highest BCUT2D eigenvalue weighted by atomic mass is 15.2. The first-order chi connectivity index (χ1) is 7.11. The Morgan fingerprint density at radius 1 is 1.07 bits per heavy atom. The summed E-state index contributed by atoms with van der Waals surface area (Å²) >= 11 is 0. The molecule has 0 amide bonds. The fraction of sp³-hybridized carbons (Fsp3) is 1.00. The Kier molecular flexibility index (Phi) is 4.64. The van der Waals surface area contributed by atoms with Crippen molar-refractivity contribution >= 4 is 0 Å². The SMILES string of the molecule is CC.CC1CC2(CCN(C(C)C)CC2)C1. The van der Waals surface area contributed by atoms with Gasteiger partial charge >= 0.3 is 0 Å². The third-order valence-corrected chi connectivity index (χ3v) is 4.15. The van der Waals surface area contributed by atoms with E-state index in [4.69, 9.17) is 0 Å². The van der Waals surface area contributed by atoms with Crippen LogP contribution >= 0.6 is 0 Å². The van der Waals surface area contributed by atoms with Crippen molar-refractivity contribution in [3.8, 4) is 0 Å². The van der Waals surface area contributed by atoms with E-state index in [0.717, 1.165) is 17.4 Å². The molecule has 2 rings (SSSR count). The normalized spacial score (nSPS) is 26.0. The molecule has 1 spiro atoms. The number of rotatable bonds is 1. The van der Waals surface area contributed by atoms with Crippen LogP contribution in [0.15, 0.2) is 0 Å². The number of hydrogen-bond acceptors (Lipinski definition) is 1. The first kappa shape index (κ1) is 13.0. The van der Waals surface area contributed by atoms with Crippen molar-refractivity contribution in [3.63, 3.8) is 0 Å². The van der Waals surface area contributed by atoms with Crippen molar-refractivity contribution < 1.29 is 0 Å². The zero-order chi connectivity index (χ0) is 11.5. The fourth-order valence-electron chi connectivity index (χ4n) is 3.34. The lowest BCUT2D eigenvalue weighted by Gasteiger charge is -2.52. The summed E-state index contributed by atoms with van der Waals surface area (Å²) in [5.74, 6) is 1.02. The quantitative estimate of drug-likeness (QED) is 0.635. The van der Waals surface area contributed by atoms with Gasteiger partial charge in [-0.2, -0.15) is 0 Å². The van der Waals surface area contributed by atoms with Crippen LogP contribution in [-0.4, -0.2) is 24.0 Å². The molecule has 2 aliphatic rings. The van der Waals surface area contributed by atoms with Crippen LogP contribution < -0.4 is 0 Å². The molecule has 0 bridgehead atoms. The molecule has 0 atom stereocenters. The van der Waals surface area contributed by atoms with Crippen molar-refractivity contribution in [1.29, 1.82) is 0 Å². The summed E-state index contributed by atoms with van der Waals surface area (Å²) in [4.78, 5) is 2.63. The van der Waals surface area contributed by atoms with Gasteiger partial charge in [-0.1, -0.05) is 20.8 Å². The van der Waals surface area contributed by atoms with Crippen LogP contribution in [0.3, 0.4) is 0 Å². The predicted molar refractivity (Wildman–Crippen MR) is 68.1 cm³/mol. The molecule has 90 valence electrons. The second kappa shape index (κ2) is 5.34. The van der Waals surface area contributed by atoms with Gasteiger partial charge in [0.2, 0.25) is 0 Å². The molecule has 0 unspecified atom stereocenters. The third-order valence-electron chi connectivity index (χ3n) is 4.15. The van der Waals surface area contributed by atoms with Gasteiger partial charge in [0.25, 0.3) is 0 Å². The molecule has 15 heavy (non-hydrogen) atoms. The van der Waals surface area contributed by atoms with Gasteiger partial charge in [0.1, 0.15) is 0 Å². The van der Waals surface area contributed by atoms with Gasteiger partial charge < -0.3 is 4.90 Å². The zero-order valence-electron chi connectivity index (χ0n) is 11.3. The van der Waals surface area contributed by atoms with Crippen LogP contribution in [0.1, 0.15) is 60.3 Å². The predicted octanol–water partition coefficient (Wildman–Crippen LogP) is 3.93. The highest BCUT2D eigenvalue weighted by Gasteiger charge is 2.43. The Bertz CT molecular complexity index is 170. The lowest BCUT2D eigenvalue weighted by Crippen LogP contribution is -2.48. The molecule has 0 aromatic carbocycles. The summed E-state index contributed by atoms with van der Waals surface area (Å²) in [6.07, 6.45) is 5.96. The van der Waals surface area contributed by atoms with Crippen LogP contribution in [0.25, 0.3) is 0 Å². The number of nitrogens with zero attached hydrogens (tertiary/aromatic N) is 1. The maximum atomic E-state index is 2.63. The Morgan fingerprint density at radius 2 is 1.53 bits per heavy atom. The van der Waals surface area contributed by atoms with Crippen LogP contribution in [0.2, 0.25) is 0 Å². The molecule has 1 aliphatic carbocycles. The summed E-state index contributed by atoms with van der Waals surface area (Å²) in [5, 5.41) is 0. The maximum Gasteiger partial charge on any atom is 0.00385 e. The smallest absolute Gasteiger partial charge is 0.00385 e. The van der Waals surface area contributed by atoms with E-state index in [0.29, 0.717) is 0 Å². The molecule has 1 heteroatoms. The summed E-state index contributed by atoms with van der Waals surface area (Å²) in [6.45, 7) is 13.7. The van der Waals surface area contributed by atoms with E-state index in [1.54, 1.807) is 0 Å². The molecule has 1 saturated carbocycles. The average molecular weight is 211 g/mol. The van der Waals surface area contributed by atoms with Gasteiger partial charge in [0.15, 0.2) is 0 Å². The Morgan fingerprint density at radius 3 is 1.87 bits per heavy atom. The molecule has 1 heterocycles. The zero-order valence-corrected chi connectivity index (χ0v) is 11.3. The average Bonchev–Trinajstić information content (AvgIpc) is 2.19. The van der Waals surface area contributed by atoms with Gasteiger partial charge in [-0.05, 0) is 64.0 Å². The van der Waals surface area contributed by atoms with E-state index >= 15 is 0 Å². The summed E-state index contributed by atoms with van der Waals surface area (Å²) in [6, 6.07) is 0.759. The minimum atomic E-state index is 0.759. The first-order valence-electron chi connectivity index (χ1n) is 6.85. The van der Waals surface area contributed by atoms with E-state index in [1.165, 1.54) is 38.8 Å².